The molecule has 0 aliphatic carbocycles. The Morgan fingerprint density at radius 3 is 2.21 bits per heavy atom. The number of rotatable bonds is 8. The maximum atomic E-state index is 12.0. The fourth-order valence-electron chi connectivity index (χ4n) is 1.36. The molecule has 2 atom stereocenters. The highest BCUT2D eigenvalue weighted by molar-refractivity contribution is 7.88. The Balaban J connectivity index is 4.55. The van der Waals surface area contributed by atoms with E-state index in [1.165, 1.54) is 0 Å². The van der Waals surface area contributed by atoms with E-state index in [0.717, 1.165) is 6.26 Å². The van der Waals surface area contributed by atoms with Crippen LogP contribution in [0, 0.1) is 5.92 Å². The molecule has 0 aromatic rings. The van der Waals surface area contributed by atoms with Crippen LogP contribution in [0.3, 0.4) is 0 Å². The van der Waals surface area contributed by atoms with E-state index < -0.39 is 41.0 Å². The molecule has 0 aromatic heterocycles. The summed E-state index contributed by atoms with van der Waals surface area (Å²) in [6, 6.07) is -1.04. The molecule has 0 aliphatic heterocycles. The molecule has 0 fully saturated rings. The summed E-state index contributed by atoms with van der Waals surface area (Å²) >= 11 is 0. The van der Waals surface area contributed by atoms with E-state index in [9.17, 15) is 22.0 Å². The fraction of sp³-hybridized carbons (Fsp3) is 0.900. The lowest BCUT2D eigenvalue weighted by Gasteiger charge is -2.20. The third kappa shape index (κ3) is 8.84. The Morgan fingerprint density at radius 1 is 1.32 bits per heavy atom. The van der Waals surface area contributed by atoms with Crippen molar-refractivity contribution in [1.29, 1.82) is 0 Å². The van der Waals surface area contributed by atoms with Gasteiger partial charge in [-0.05, 0) is 12.3 Å². The number of hydrogen-bond acceptors (Lipinski definition) is 4. The van der Waals surface area contributed by atoms with Crippen LogP contribution in [0.5, 0.6) is 0 Å². The average Bonchev–Trinajstić information content (AvgIpc) is 2.21. The Kier molecular flexibility index (Phi) is 7.38. The van der Waals surface area contributed by atoms with Gasteiger partial charge in [0.1, 0.15) is 12.1 Å². The maximum absolute atomic E-state index is 12.0. The number of nitrogens with one attached hydrogen (secondary N) is 2. The summed E-state index contributed by atoms with van der Waals surface area (Å²) in [6.07, 6.45) is -3.81. The van der Waals surface area contributed by atoms with Gasteiger partial charge >= 0.3 is 0 Å². The van der Waals surface area contributed by atoms with Crippen molar-refractivity contribution in [2.45, 2.75) is 38.8 Å². The number of alkyl halides is 2. The lowest BCUT2D eigenvalue weighted by molar-refractivity contribution is -0.124. The zero-order valence-corrected chi connectivity index (χ0v) is 11.9. The molecule has 114 valence electrons. The first-order valence-corrected chi connectivity index (χ1v) is 7.63. The minimum absolute atomic E-state index is 0.0324. The van der Waals surface area contributed by atoms with E-state index in [0.29, 0.717) is 0 Å². The van der Waals surface area contributed by atoms with E-state index in [1.807, 2.05) is 0 Å². The van der Waals surface area contributed by atoms with Gasteiger partial charge < -0.3 is 10.4 Å². The van der Waals surface area contributed by atoms with Gasteiger partial charge in [-0.2, -0.15) is 0 Å². The molecular weight excluding hydrogens is 282 g/mol. The maximum Gasteiger partial charge on any atom is 0.265 e. The van der Waals surface area contributed by atoms with Crippen LogP contribution in [0.2, 0.25) is 0 Å². The number of halogens is 2. The van der Waals surface area contributed by atoms with Crippen molar-refractivity contribution in [1.82, 2.24) is 10.0 Å². The lowest BCUT2D eigenvalue weighted by Crippen LogP contribution is -2.49. The van der Waals surface area contributed by atoms with Crippen LogP contribution in [0.4, 0.5) is 8.78 Å². The Morgan fingerprint density at radius 2 is 1.84 bits per heavy atom. The molecule has 2 unspecified atom stereocenters. The van der Waals surface area contributed by atoms with Gasteiger partial charge in [-0.15, -0.1) is 0 Å². The van der Waals surface area contributed by atoms with Crippen molar-refractivity contribution in [2.75, 3.05) is 12.8 Å². The monoisotopic (exact) mass is 302 g/mol. The van der Waals surface area contributed by atoms with Gasteiger partial charge in [-0.3, -0.25) is 4.79 Å². The van der Waals surface area contributed by atoms with Crippen LogP contribution >= 0.6 is 0 Å². The summed E-state index contributed by atoms with van der Waals surface area (Å²) in [4.78, 5) is 11.7. The van der Waals surface area contributed by atoms with E-state index in [2.05, 4.69) is 10.0 Å². The van der Waals surface area contributed by atoms with Crippen molar-refractivity contribution in [3.63, 3.8) is 0 Å². The number of aliphatic hydroxyl groups excluding tert-OH is 1. The highest BCUT2D eigenvalue weighted by Crippen LogP contribution is 2.06. The Labute approximate surface area is 111 Å². The zero-order chi connectivity index (χ0) is 15.2. The summed E-state index contributed by atoms with van der Waals surface area (Å²) < 4.78 is 48.5. The molecule has 6 nitrogen and oxygen atoms in total. The van der Waals surface area contributed by atoms with Gasteiger partial charge in [-0.25, -0.2) is 21.9 Å². The van der Waals surface area contributed by atoms with E-state index in [1.54, 1.807) is 13.8 Å². The highest BCUT2D eigenvalue weighted by Gasteiger charge is 2.25. The molecule has 0 saturated heterocycles. The number of hydrogen-bond donors (Lipinski definition) is 3. The van der Waals surface area contributed by atoms with Gasteiger partial charge in [0.05, 0.1) is 6.26 Å². The molecular formula is C10H20F2N2O4S. The summed E-state index contributed by atoms with van der Waals surface area (Å²) in [7, 11) is -3.59. The normalized spacial score (nSPS) is 15.6. The first-order chi connectivity index (χ1) is 8.53. The van der Waals surface area contributed by atoms with Crippen LogP contribution < -0.4 is 10.0 Å². The fourth-order valence-corrected chi connectivity index (χ4v) is 2.08. The number of carbonyl (C=O) groups is 1. The van der Waals surface area contributed by atoms with Gasteiger partial charge in [0.25, 0.3) is 6.43 Å². The van der Waals surface area contributed by atoms with Crippen LogP contribution in [-0.4, -0.2) is 50.8 Å². The number of aliphatic hydroxyl groups is 1. The van der Waals surface area contributed by atoms with Crippen molar-refractivity contribution >= 4 is 15.9 Å². The molecule has 1 amide bonds. The molecule has 0 rings (SSSR count). The van der Waals surface area contributed by atoms with Crippen molar-refractivity contribution in [3.8, 4) is 0 Å². The van der Waals surface area contributed by atoms with Crippen molar-refractivity contribution in [3.05, 3.63) is 0 Å². The van der Waals surface area contributed by atoms with E-state index >= 15 is 0 Å². The predicted octanol–water partition coefficient (Wildman–Crippen LogP) is -0.307. The quantitative estimate of drug-likeness (QED) is 0.573. The number of carbonyl (C=O) groups excluding carboxylic acids is 1. The third-order valence-corrected chi connectivity index (χ3v) is 2.87. The van der Waals surface area contributed by atoms with E-state index in [-0.39, 0.29) is 12.3 Å². The Hall–Kier alpha value is -0.800. The number of sulfonamides is 1. The first kappa shape index (κ1) is 18.2. The SMILES string of the molecule is CC(C)CC(NS(C)(=O)=O)C(=O)NCC(O)C(F)F. The van der Waals surface area contributed by atoms with Crippen LogP contribution in [0.1, 0.15) is 20.3 Å². The van der Waals surface area contributed by atoms with Crippen molar-refractivity contribution in [2.24, 2.45) is 5.92 Å². The summed E-state index contributed by atoms with van der Waals surface area (Å²) in [6.45, 7) is 2.95. The van der Waals surface area contributed by atoms with Gasteiger partial charge in [0, 0.05) is 6.54 Å². The zero-order valence-electron chi connectivity index (χ0n) is 11.1. The second kappa shape index (κ2) is 7.71. The average molecular weight is 302 g/mol. The predicted molar refractivity (Wildman–Crippen MR) is 66.2 cm³/mol. The molecule has 0 radical (unpaired) electrons. The summed E-state index contributed by atoms with van der Waals surface area (Å²) in [5, 5.41) is 11.0. The largest absolute Gasteiger partial charge is 0.385 e. The summed E-state index contributed by atoms with van der Waals surface area (Å²) in [5.41, 5.74) is 0. The molecule has 9 heteroatoms. The molecule has 0 aromatic carbocycles. The molecule has 0 saturated carbocycles. The van der Waals surface area contributed by atoms with Crippen molar-refractivity contribution < 1.29 is 27.1 Å². The summed E-state index contributed by atoms with van der Waals surface area (Å²) in [5.74, 6) is -0.705. The molecule has 0 aliphatic rings. The topological polar surface area (TPSA) is 95.5 Å². The minimum Gasteiger partial charge on any atom is -0.385 e. The van der Waals surface area contributed by atoms with Gasteiger partial charge in [0.2, 0.25) is 15.9 Å². The highest BCUT2D eigenvalue weighted by atomic mass is 32.2. The van der Waals surface area contributed by atoms with Crippen LogP contribution in [0.15, 0.2) is 0 Å². The smallest absolute Gasteiger partial charge is 0.265 e. The van der Waals surface area contributed by atoms with Crippen LogP contribution in [0.25, 0.3) is 0 Å². The molecule has 3 N–H and O–H groups in total. The standard InChI is InChI=1S/C10H20F2N2O4S/c1-6(2)4-7(14-19(3,17)18)10(16)13-5-8(15)9(11)12/h6-9,14-15H,4-5H2,1-3H3,(H,13,16). The molecule has 0 bridgehead atoms. The third-order valence-electron chi connectivity index (χ3n) is 2.16. The molecule has 0 heterocycles. The lowest BCUT2D eigenvalue weighted by atomic mass is 10.0. The second-order valence-corrected chi connectivity index (χ2v) is 6.50. The number of amides is 1. The molecule has 0 spiro atoms. The van der Waals surface area contributed by atoms with Gasteiger partial charge in [0.15, 0.2) is 0 Å². The van der Waals surface area contributed by atoms with Gasteiger partial charge in [-0.1, -0.05) is 13.8 Å². The minimum atomic E-state index is -3.59. The first-order valence-electron chi connectivity index (χ1n) is 5.74. The van der Waals surface area contributed by atoms with E-state index in [4.69, 9.17) is 5.11 Å². The van der Waals surface area contributed by atoms with Crippen LogP contribution in [-0.2, 0) is 14.8 Å². The Bertz CT molecular complexity index is 387. The second-order valence-electron chi connectivity index (χ2n) is 4.72. The molecule has 19 heavy (non-hydrogen) atoms.